The van der Waals surface area contributed by atoms with Crippen LogP contribution < -0.4 is 11.1 Å². The van der Waals surface area contributed by atoms with Crippen molar-refractivity contribution < 1.29 is 13.6 Å². The molecule has 0 spiro atoms. The van der Waals surface area contributed by atoms with Crippen LogP contribution in [-0.4, -0.2) is 15.2 Å². The quantitative estimate of drug-likeness (QED) is 0.406. The fraction of sp³-hybridized carbons (Fsp3) is 0. The van der Waals surface area contributed by atoms with Crippen LogP contribution in [0, 0.1) is 5.82 Å². The number of anilines is 1. The molecule has 1 amide bonds. The number of rotatable bonds is 2. The summed E-state index contributed by atoms with van der Waals surface area (Å²) in [5.41, 5.74) is 7.67. The fourth-order valence-electron chi connectivity index (χ4n) is 2.52. The summed E-state index contributed by atoms with van der Waals surface area (Å²) in [5, 5.41) is 3.32. The topological polar surface area (TPSA) is 81.1 Å². The molecule has 5 nitrogen and oxygen atoms in total. The number of hydrogen-bond donors (Lipinski definition) is 2. The van der Waals surface area contributed by atoms with Crippen molar-refractivity contribution >= 4 is 56.9 Å². The first-order valence-electron chi connectivity index (χ1n) is 7.19. The third-order valence-electron chi connectivity index (χ3n) is 3.66. The van der Waals surface area contributed by atoms with Gasteiger partial charge in [-0.25, -0.2) is 4.39 Å². The number of nitrogen functional groups attached to an aromatic ring is 1. The maximum Gasteiger partial charge on any atom is 0.263 e. The number of pyridine rings is 1. The lowest BCUT2D eigenvalue weighted by atomic mass is 10.1. The summed E-state index contributed by atoms with van der Waals surface area (Å²) in [7, 11) is 0. The van der Waals surface area contributed by atoms with Crippen LogP contribution in [0.4, 0.5) is 10.1 Å². The summed E-state index contributed by atoms with van der Waals surface area (Å²) >= 11 is 6.15. The molecule has 3 N–H and O–H groups in total. The van der Waals surface area contributed by atoms with E-state index in [4.69, 9.17) is 22.4 Å². The number of nitrogens with zero attached hydrogens (tertiary/aromatic N) is 1. The van der Waals surface area contributed by atoms with E-state index in [9.17, 15) is 9.18 Å². The van der Waals surface area contributed by atoms with Gasteiger partial charge in [-0.05, 0) is 23.8 Å². The smallest absolute Gasteiger partial charge is 0.263 e. The Morgan fingerprint density at radius 2 is 2.16 bits per heavy atom. The lowest BCUT2D eigenvalue weighted by molar-refractivity contribution is -0.115. The number of thioether (sulfide) groups is 1. The van der Waals surface area contributed by atoms with E-state index in [1.54, 1.807) is 30.6 Å². The predicted octanol–water partition coefficient (Wildman–Crippen LogP) is 3.70. The molecular formula is C17H10FN3O2S2. The minimum atomic E-state index is -0.478. The number of halogens is 1. The number of furan rings is 1. The highest BCUT2D eigenvalue weighted by atomic mass is 32.2. The van der Waals surface area contributed by atoms with Crippen LogP contribution in [0.2, 0.25) is 0 Å². The van der Waals surface area contributed by atoms with Gasteiger partial charge in [-0.15, -0.1) is 0 Å². The Bertz CT molecular complexity index is 1070. The van der Waals surface area contributed by atoms with Crippen molar-refractivity contribution in [1.29, 1.82) is 0 Å². The molecule has 0 saturated carbocycles. The second-order valence-electron chi connectivity index (χ2n) is 5.34. The van der Waals surface area contributed by atoms with Gasteiger partial charge in [0.15, 0.2) is 0 Å². The van der Waals surface area contributed by atoms with Crippen LogP contribution in [-0.2, 0) is 4.79 Å². The highest BCUT2D eigenvalue weighted by Crippen LogP contribution is 2.33. The molecule has 25 heavy (non-hydrogen) atoms. The van der Waals surface area contributed by atoms with E-state index >= 15 is 0 Å². The van der Waals surface area contributed by atoms with Crippen molar-refractivity contribution in [2.45, 2.75) is 0 Å². The highest BCUT2D eigenvalue weighted by molar-refractivity contribution is 8.26. The molecule has 1 aromatic carbocycles. The van der Waals surface area contributed by atoms with E-state index in [1.165, 1.54) is 23.9 Å². The van der Waals surface area contributed by atoms with E-state index in [2.05, 4.69) is 10.3 Å². The zero-order valence-electron chi connectivity index (χ0n) is 12.6. The minimum Gasteiger partial charge on any atom is -0.456 e. The second-order valence-corrected chi connectivity index (χ2v) is 7.06. The summed E-state index contributed by atoms with van der Waals surface area (Å²) in [5.74, 6) is -0.226. The molecule has 4 rings (SSSR count). The molecule has 1 saturated heterocycles. The number of aromatic nitrogens is 1. The fourth-order valence-corrected chi connectivity index (χ4v) is 3.54. The highest BCUT2D eigenvalue weighted by Gasteiger charge is 2.23. The lowest BCUT2D eigenvalue weighted by Crippen LogP contribution is -2.17. The van der Waals surface area contributed by atoms with Crippen LogP contribution in [0.5, 0.6) is 0 Å². The van der Waals surface area contributed by atoms with Crippen molar-refractivity contribution in [1.82, 2.24) is 10.3 Å². The third kappa shape index (κ3) is 2.90. The predicted molar refractivity (Wildman–Crippen MR) is 100 cm³/mol. The summed E-state index contributed by atoms with van der Waals surface area (Å²) in [4.78, 5) is 16.4. The zero-order valence-corrected chi connectivity index (χ0v) is 14.2. The van der Waals surface area contributed by atoms with Crippen molar-refractivity contribution in [2.24, 2.45) is 0 Å². The van der Waals surface area contributed by atoms with Gasteiger partial charge in [-0.1, -0.05) is 30.0 Å². The first-order valence-corrected chi connectivity index (χ1v) is 8.41. The van der Waals surface area contributed by atoms with Gasteiger partial charge in [-0.3, -0.25) is 9.78 Å². The van der Waals surface area contributed by atoms with Gasteiger partial charge in [0.1, 0.15) is 21.5 Å². The number of fused-ring (bicyclic) bond motifs is 1. The molecule has 0 bridgehead atoms. The number of hydrogen-bond acceptors (Lipinski definition) is 6. The maximum absolute atomic E-state index is 13.4. The standard InChI is InChI=1S/C17H10FN3O2S2/c18-12-2-1-8(4-13(12)19)11-7-20-6-9-3-10(23-15(9)11)5-14-16(22)21-17(24)25-14/h1-7H,19H2,(H,21,22,24). The SMILES string of the molecule is Nc1cc(-c2cncc3cc(C=C4SC(=S)NC4=O)oc23)ccc1F. The van der Waals surface area contributed by atoms with Crippen molar-refractivity contribution in [3.63, 3.8) is 0 Å². The van der Waals surface area contributed by atoms with Crippen LogP contribution >= 0.6 is 24.0 Å². The normalized spacial score (nSPS) is 16.0. The monoisotopic (exact) mass is 371 g/mol. The van der Waals surface area contributed by atoms with Crippen molar-refractivity contribution in [3.8, 4) is 11.1 Å². The molecule has 1 fully saturated rings. The molecule has 0 aliphatic carbocycles. The Morgan fingerprint density at radius 1 is 1.32 bits per heavy atom. The van der Waals surface area contributed by atoms with Gasteiger partial charge >= 0.3 is 0 Å². The molecule has 3 heterocycles. The molecule has 0 unspecified atom stereocenters. The summed E-state index contributed by atoms with van der Waals surface area (Å²) in [6, 6.07) is 6.23. The summed E-state index contributed by atoms with van der Waals surface area (Å²) in [6.45, 7) is 0. The Labute approximate surface area is 151 Å². The minimum absolute atomic E-state index is 0.0518. The molecule has 124 valence electrons. The molecule has 0 radical (unpaired) electrons. The van der Waals surface area contributed by atoms with Gasteiger partial charge in [0.25, 0.3) is 5.91 Å². The van der Waals surface area contributed by atoms with Gasteiger partial charge in [0, 0.05) is 29.4 Å². The van der Waals surface area contributed by atoms with E-state index in [1.807, 2.05) is 0 Å². The zero-order chi connectivity index (χ0) is 17.6. The number of amides is 1. The second kappa shape index (κ2) is 5.98. The van der Waals surface area contributed by atoms with Crippen molar-refractivity contribution in [2.75, 3.05) is 5.73 Å². The van der Waals surface area contributed by atoms with Gasteiger partial charge in [0.05, 0.1) is 10.6 Å². The van der Waals surface area contributed by atoms with Crippen molar-refractivity contribution in [3.05, 3.63) is 53.1 Å². The summed E-state index contributed by atoms with van der Waals surface area (Å²) < 4.78 is 19.7. The maximum atomic E-state index is 13.4. The molecule has 2 aromatic heterocycles. The number of carbonyl (C=O) groups is 1. The molecule has 1 aliphatic heterocycles. The Balaban J connectivity index is 1.81. The molecule has 0 atom stereocenters. The van der Waals surface area contributed by atoms with E-state index in [-0.39, 0.29) is 11.6 Å². The number of thiocarbonyl (C=S) groups is 1. The van der Waals surface area contributed by atoms with E-state index < -0.39 is 5.82 Å². The lowest BCUT2D eigenvalue weighted by Gasteiger charge is -2.04. The number of nitrogens with one attached hydrogen (secondary N) is 1. The largest absolute Gasteiger partial charge is 0.456 e. The molecule has 8 heteroatoms. The molecule has 1 aliphatic rings. The number of benzene rings is 1. The Kier molecular flexibility index (Phi) is 3.78. The first kappa shape index (κ1) is 15.8. The van der Waals surface area contributed by atoms with Gasteiger partial charge in [-0.2, -0.15) is 0 Å². The first-order chi connectivity index (χ1) is 12.0. The molecular weight excluding hydrogens is 361 g/mol. The average Bonchev–Trinajstić information content (AvgIpc) is 3.12. The number of nitrogens with two attached hydrogens (primary N) is 1. The van der Waals surface area contributed by atoms with E-state index in [0.29, 0.717) is 31.7 Å². The Morgan fingerprint density at radius 3 is 2.88 bits per heavy atom. The van der Waals surface area contributed by atoms with Crippen LogP contribution in [0.15, 0.2) is 46.0 Å². The third-order valence-corrected chi connectivity index (χ3v) is 4.83. The Hall–Kier alpha value is -2.71. The average molecular weight is 371 g/mol. The van der Waals surface area contributed by atoms with Crippen LogP contribution in [0.1, 0.15) is 5.76 Å². The molecule has 3 aromatic rings. The van der Waals surface area contributed by atoms with Crippen LogP contribution in [0.25, 0.3) is 28.2 Å². The van der Waals surface area contributed by atoms with E-state index in [0.717, 1.165) is 5.39 Å². The van der Waals surface area contributed by atoms with Crippen LogP contribution in [0.3, 0.4) is 0 Å². The van der Waals surface area contributed by atoms with Gasteiger partial charge < -0.3 is 15.5 Å². The summed E-state index contributed by atoms with van der Waals surface area (Å²) in [6.07, 6.45) is 4.91. The number of carbonyl (C=O) groups excluding carboxylic acids is 1. The van der Waals surface area contributed by atoms with Gasteiger partial charge in [0.2, 0.25) is 0 Å².